The van der Waals surface area contributed by atoms with Gasteiger partial charge in [-0.05, 0) is 43.9 Å². The summed E-state index contributed by atoms with van der Waals surface area (Å²) < 4.78 is 1.99. The Morgan fingerprint density at radius 2 is 1.84 bits per heavy atom. The maximum atomic E-state index is 13.6. The fraction of sp³-hybridized carbons (Fsp3) is 0.375. The van der Waals surface area contributed by atoms with E-state index in [0.29, 0.717) is 0 Å². The highest BCUT2D eigenvalue weighted by atomic mass is 32.2. The number of aryl methyl sites for hydroxylation is 1. The van der Waals surface area contributed by atoms with Gasteiger partial charge in [0, 0.05) is 11.3 Å². The van der Waals surface area contributed by atoms with Gasteiger partial charge in [-0.15, -0.1) is 10.2 Å². The monoisotopic (exact) mass is 433 g/mol. The summed E-state index contributed by atoms with van der Waals surface area (Å²) in [6.07, 6.45) is 5.34. The number of benzene rings is 2. The van der Waals surface area contributed by atoms with Crippen LogP contribution in [0.5, 0.6) is 0 Å². The Labute approximate surface area is 186 Å². The van der Waals surface area contributed by atoms with Crippen LogP contribution in [0.2, 0.25) is 0 Å². The molecule has 1 aliphatic carbocycles. The lowest BCUT2D eigenvalue weighted by atomic mass is 9.79. The summed E-state index contributed by atoms with van der Waals surface area (Å²) in [6.45, 7) is 4.12. The molecule has 6 nitrogen and oxygen atoms in total. The minimum atomic E-state index is -0.316. The molecule has 1 amide bonds. The largest absolute Gasteiger partial charge is 0.325 e. The van der Waals surface area contributed by atoms with Crippen LogP contribution < -0.4 is 10.7 Å². The van der Waals surface area contributed by atoms with Crippen LogP contribution in [0.4, 0.5) is 5.69 Å². The molecule has 0 unspecified atom stereocenters. The molecule has 2 aliphatic rings. The summed E-state index contributed by atoms with van der Waals surface area (Å²) in [7, 11) is 0. The maximum Gasteiger partial charge on any atom is 0.240 e. The molecule has 1 atom stereocenters. The van der Waals surface area contributed by atoms with Crippen molar-refractivity contribution in [1.29, 1.82) is 0 Å². The number of fused-ring (bicyclic) bond motifs is 1. The Balaban J connectivity index is 1.50. The SMILES string of the molecule is Cc1cccc(NC(=O)[C@H]2Sc3nnc(-c4ccccc4)n3NC23CCCCC3)c1C. The van der Waals surface area contributed by atoms with Crippen molar-refractivity contribution in [1.82, 2.24) is 14.9 Å². The molecule has 1 fully saturated rings. The third-order valence-corrected chi connectivity index (χ3v) is 7.95. The number of rotatable bonds is 3. The first-order chi connectivity index (χ1) is 15.1. The van der Waals surface area contributed by atoms with Gasteiger partial charge in [0.15, 0.2) is 5.82 Å². The third kappa shape index (κ3) is 3.61. The first kappa shape index (κ1) is 20.1. The zero-order chi connectivity index (χ0) is 21.4. The third-order valence-electron chi connectivity index (χ3n) is 6.57. The molecule has 1 spiro atoms. The Hall–Kier alpha value is -2.80. The molecule has 160 valence electrons. The topological polar surface area (TPSA) is 71.8 Å². The van der Waals surface area contributed by atoms with Gasteiger partial charge < -0.3 is 10.7 Å². The highest BCUT2D eigenvalue weighted by Gasteiger charge is 2.49. The molecule has 0 saturated heterocycles. The van der Waals surface area contributed by atoms with Crippen LogP contribution in [0.15, 0.2) is 53.7 Å². The molecule has 3 aromatic rings. The fourth-order valence-corrected chi connectivity index (χ4v) is 5.88. The molecule has 31 heavy (non-hydrogen) atoms. The molecular formula is C24H27N5OS. The second-order valence-electron chi connectivity index (χ2n) is 8.57. The molecule has 5 rings (SSSR count). The highest BCUT2D eigenvalue weighted by Crippen LogP contribution is 2.44. The van der Waals surface area contributed by atoms with E-state index in [0.717, 1.165) is 53.5 Å². The van der Waals surface area contributed by atoms with E-state index in [4.69, 9.17) is 0 Å². The van der Waals surface area contributed by atoms with Crippen molar-refractivity contribution in [2.45, 2.75) is 61.9 Å². The van der Waals surface area contributed by atoms with Gasteiger partial charge in [-0.25, -0.2) is 4.68 Å². The van der Waals surface area contributed by atoms with Crippen molar-refractivity contribution in [2.24, 2.45) is 0 Å². The number of hydrogen-bond acceptors (Lipinski definition) is 5. The summed E-state index contributed by atoms with van der Waals surface area (Å²) in [4.78, 5) is 13.6. The van der Waals surface area contributed by atoms with Gasteiger partial charge in [-0.2, -0.15) is 0 Å². The number of aromatic nitrogens is 3. The van der Waals surface area contributed by atoms with E-state index in [2.05, 4.69) is 40.9 Å². The molecule has 2 N–H and O–H groups in total. The average Bonchev–Trinajstić information content (AvgIpc) is 3.19. The lowest BCUT2D eigenvalue weighted by Crippen LogP contribution is -2.59. The van der Waals surface area contributed by atoms with E-state index in [-0.39, 0.29) is 16.7 Å². The summed E-state index contributed by atoms with van der Waals surface area (Å²) in [5.41, 5.74) is 7.57. The standard InChI is InChI=1S/C24H27N5OS/c1-16-10-9-13-19(17(16)2)25-22(30)20-24(14-7-4-8-15-24)28-29-21(26-27-23(29)31-20)18-11-5-3-6-12-18/h3,5-6,9-13,20,28H,4,7-8,14-15H2,1-2H3,(H,25,30)/t20-/m1/s1. The second-order valence-corrected chi connectivity index (χ2v) is 9.64. The van der Waals surface area contributed by atoms with Crippen LogP contribution in [0.1, 0.15) is 43.2 Å². The predicted octanol–water partition coefficient (Wildman–Crippen LogP) is 4.92. The molecule has 1 aliphatic heterocycles. The fourth-order valence-electron chi connectivity index (χ4n) is 4.67. The van der Waals surface area contributed by atoms with E-state index in [1.807, 2.05) is 47.1 Å². The van der Waals surface area contributed by atoms with E-state index in [1.54, 1.807) is 0 Å². The van der Waals surface area contributed by atoms with Crippen LogP contribution in [-0.2, 0) is 4.79 Å². The Morgan fingerprint density at radius 3 is 2.61 bits per heavy atom. The summed E-state index contributed by atoms with van der Waals surface area (Å²) in [5, 5.41) is 12.5. The first-order valence-corrected chi connectivity index (χ1v) is 11.8. The summed E-state index contributed by atoms with van der Waals surface area (Å²) >= 11 is 1.53. The van der Waals surface area contributed by atoms with Crippen molar-refractivity contribution in [3.05, 3.63) is 59.7 Å². The van der Waals surface area contributed by atoms with Crippen molar-refractivity contribution in [3.8, 4) is 11.4 Å². The van der Waals surface area contributed by atoms with E-state index in [1.165, 1.54) is 23.7 Å². The zero-order valence-corrected chi connectivity index (χ0v) is 18.7. The lowest BCUT2D eigenvalue weighted by molar-refractivity contribution is -0.117. The second kappa shape index (κ2) is 8.04. The van der Waals surface area contributed by atoms with E-state index >= 15 is 0 Å². The van der Waals surface area contributed by atoms with Crippen molar-refractivity contribution in [3.63, 3.8) is 0 Å². The zero-order valence-electron chi connectivity index (χ0n) is 17.9. The van der Waals surface area contributed by atoms with Gasteiger partial charge in [0.05, 0.1) is 5.54 Å². The molecule has 7 heteroatoms. The number of nitrogens with zero attached hydrogens (tertiary/aromatic N) is 3. The maximum absolute atomic E-state index is 13.6. The minimum absolute atomic E-state index is 0.0311. The Bertz CT molecular complexity index is 1100. The Kier molecular flexibility index (Phi) is 5.22. The number of hydrogen-bond donors (Lipinski definition) is 2. The predicted molar refractivity (Wildman–Crippen MR) is 125 cm³/mol. The molecule has 2 heterocycles. The van der Waals surface area contributed by atoms with Gasteiger partial charge in [0.25, 0.3) is 0 Å². The average molecular weight is 434 g/mol. The summed E-state index contributed by atoms with van der Waals surface area (Å²) in [5.74, 6) is 0.824. The van der Waals surface area contributed by atoms with Gasteiger partial charge in [-0.1, -0.05) is 73.5 Å². The number of anilines is 1. The molecule has 1 aromatic heterocycles. The number of carbonyl (C=O) groups is 1. The minimum Gasteiger partial charge on any atom is -0.325 e. The highest BCUT2D eigenvalue weighted by molar-refractivity contribution is 8.00. The quantitative estimate of drug-likeness (QED) is 0.613. The van der Waals surface area contributed by atoms with Gasteiger partial charge in [-0.3, -0.25) is 4.79 Å². The van der Waals surface area contributed by atoms with Crippen LogP contribution in [0, 0.1) is 13.8 Å². The van der Waals surface area contributed by atoms with E-state index < -0.39 is 0 Å². The van der Waals surface area contributed by atoms with E-state index in [9.17, 15) is 4.79 Å². The number of thioether (sulfide) groups is 1. The van der Waals surface area contributed by atoms with Crippen molar-refractivity contribution in [2.75, 3.05) is 10.7 Å². The van der Waals surface area contributed by atoms with Gasteiger partial charge >= 0.3 is 0 Å². The van der Waals surface area contributed by atoms with Crippen molar-refractivity contribution >= 4 is 23.4 Å². The van der Waals surface area contributed by atoms with Crippen LogP contribution >= 0.6 is 11.8 Å². The van der Waals surface area contributed by atoms with Crippen LogP contribution in [0.3, 0.4) is 0 Å². The number of carbonyl (C=O) groups excluding carboxylic acids is 1. The Morgan fingerprint density at radius 1 is 1.06 bits per heavy atom. The van der Waals surface area contributed by atoms with Crippen molar-refractivity contribution < 1.29 is 4.79 Å². The molecule has 1 saturated carbocycles. The van der Waals surface area contributed by atoms with Gasteiger partial charge in [0.1, 0.15) is 5.25 Å². The van der Waals surface area contributed by atoms with Crippen LogP contribution in [0.25, 0.3) is 11.4 Å². The number of nitrogens with one attached hydrogen (secondary N) is 2. The number of amides is 1. The smallest absolute Gasteiger partial charge is 0.240 e. The molecule has 0 radical (unpaired) electrons. The molecule has 0 bridgehead atoms. The lowest BCUT2D eigenvalue weighted by Gasteiger charge is -2.46. The van der Waals surface area contributed by atoms with Crippen LogP contribution in [-0.4, -0.2) is 31.6 Å². The molecule has 2 aromatic carbocycles. The first-order valence-electron chi connectivity index (χ1n) is 10.9. The molecular weight excluding hydrogens is 406 g/mol. The summed E-state index contributed by atoms with van der Waals surface area (Å²) in [6, 6.07) is 16.1. The normalized spacial score (nSPS) is 19.5. The van der Waals surface area contributed by atoms with Gasteiger partial charge in [0.2, 0.25) is 11.1 Å².